The lowest BCUT2D eigenvalue weighted by atomic mass is 9.73. The predicted molar refractivity (Wildman–Crippen MR) is 64.7 cm³/mol. The van der Waals surface area contributed by atoms with Gasteiger partial charge >= 0.3 is 0 Å². The van der Waals surface area contributed by atoms with Gasteiger partial charge in [0, 0.05) is 5.70 Å². The second-order valence-corrected chi connectivity index (χ2v) is 6.69. The minimum Gasteiger partial charge on any atom is -0.381 e. The number of hydrogen-bond donors (Lipinski definition) is 1. The summed E-state index contributed by atoms with van der Waals surface area (Å²) in [5.41, 5.74) is 1.34. The molecule has 88 valence electrons. The third-order valence-corrected chi connectivity index (χ3v) is 2.89. The van der Waals surface area contributed by atoms with E-state index in [1.807, 2.05) is 0 Å². The minimum absolute atomic E-state index is 0.158. The predicted octanol–water partition coefficient (Wildman–Crippen LogP) is 2.95. The van der Waals surface area contributed by atoms with E-state index in [0.717, 1.165) is 5.70 Å². The Morgan fingerprint density at radius 1 is 1.13 bits per heavy atom. The second-order valence-electron chi connectivity index (χ2n) is 6.69. The number of hydrogen-bond acceptors (Lipinski definition) is 2. The van der Waals surface area contributed by atoms with Gasteiger partial charge in [0.2, 0.25) is 0 Å². The summed E-state index contributed by atoms with van der Waals surface area (Å²) in [4.78, 5) is 0. The van der Waals surface area contributed by atoms with Crippen LogP contribution < -0.4 is 5.32 Å². The average Bonchev–Trinajstić information content (AvgIpc) is 2.00. The van der Waals surface area contributed by atoms with Crippen molar-refractivity contribution >= 4 is 0 Å². The van der Waals surface area contributed by atoms with E-state index in [9.17, 15) is 0 Å². The van der Waals surface area contributed by atoms with Gasteiger partial charge < -0.3 is 10.1 Å². The Morgan fingerprint density at radius 3 is 2.07 bits per heavy atom. The quantitative estimate of drug-likeness (QED) is 0.665. The fraction of sp³-hybridized carbons (Fsp3) is 0.846. The van der Waals surface area contributed by atoms with Crippen molar-refractivity contribution in [3.8, 4) is 0 Å². The number of nitrogens with one attached hydrogen (secondary N) is 1. The molecule has 0 aromatic carbocycles. The molecule has 1 aliphatic heterocycles. The maximum Gasteiger partial charge on any atom is 0.0861 e. The van der Waals surface area contributed by atoms with Gasteiger partial charge in [0.1, 0.15) is 0 Å². The molecule has 2 unspecified atom stereocenters. The van der Waals surface area contributed by atoms with Crippen LogP contribution in [0.4, 0.5) is 0 Å². The smallest absolute Gasteiger partial charge is 0.0861 e. The van der Waals surface area contributed by atoms with Crippen LogP contribution in [0.1, 0.15) is 41.5 Å². The van der Waals surface area contributed by atoms with Crippen molar-refractivity contribution in [3.63, 3.8) is 0 Å². The molecule has 1 fully saturated rings. The van der Waals surface area contributed by atoms with Crippen molar-refractivity contribution in [2.45, 2.75) is 53.7 Å². The lowest BCUT2D eigenvalue weighted by molar-refractivity contribution is -0.0759. The van der Waals surface area contributed by atoms with Crippen LogP contribution in [0.3, 0.4) is 0 Å². The lowest BCUT2D eigenvalue weighted by Crippen LogP contribution is -2.58. The van der Waals surface area contributed by atoms with Crippen molar-refractivity contribution in [2.24, 2.45) is 10.8 Å². The van der Waals surface area contributed by atoms with E-state index in [0.29, 0.717) is 12.6 Å². The summed E-state index contributed by atoms with van der Waals surface area (Å²) in [6.07, 6.45) is 0.239. The van der Waals surface area contributed by atoms with Crippen LogP contribution in [-0.2, 0) is 4.74 Å². The van der Waals surface area contributed by atoms with Gasteiger partial charge in [0.25, 0.3) is 0 Å². The number of ether oxygens (including phenoxy) is 1. The van der Waals surface area contributed by atoms with Crippen molar-refractivity contribution in [1.82, 2.24) is 5.32 Å². The third-order valence-electron chi connectivity index (χ3n) is 2.89. The summed E-state index contributed by atoms with van der Waals surface area (Å²) < 4.78 is 5.93. The lowest BCUT2D eigenvalue weighted by Gasteiger charge is -2.47. The molecule has 1 aliphatic rings. The van der Waals surface area contributed by atoms with Gasteiger partial charge in [-0.05, 0) is 10.8 Å². The van der Waals surface area contributed by atoms with Gasteiger partial charge in [0.15, 0.2) is 0 Å². The van der Waals surface area contributed by atoms with Gasteiger partial charge in [0.05, 0.1) is 18.8 Å². The molecule has 1 saturated heterocycles. The molecule has 0 saturated carbocycles. The SMILES string of the molecule is C=C1COC(C(C)(C)C)C(C(C)(C)C)N1. The Kier molecular flexibility index (Phi) is 3.20. The van der Waals surface area contributed by atoms with E-state index in [-0.39, 0.29) is 16.9 Å². The highest BCUT2D eigenvalue weighted by atomic mass is 16.5. The van der Waals surface area contributed by atoms with Crippen LogP contribution in [0.5, 0.6) is 0 Å². The van der Waals surface area contributed by atoms with Crippen LogP contribution in [0.15, 0.2) is 12.3 Å². The highest BCUT2D eigenvalue weighted by Crippen LogP contribution is 2.35. The number of morpholine rings is 1. The summed E-state index contributed by atoms with van der Waals surface area (Å²) in [6.45, 7) is 18.0. The normalized spacial score (nSPS) is 28.8. The van der Waals surface area contributed by atoms with Gasteiger partial charge in [-0.25, -0.2) is 0 Å². The summed E-state index contributed by atoms with van der Waals surface area (Å²) in [6, 6.07) is 0.332. The van der Waals surface area contributed by atoms with Crippen LogP contribution in [0.2, 0.25) is 0 Å². The molecule has 0 aliphatic carbocycles. The Labute approximate surface area is 94.1 Å². The zero-order valence-corrected chi connectivity index (χ0v) is 11.0. The molecule has 15 heavy (non-hydrogen) atoms. The van der Waals surface area contributed by atoms with E-state index in [4.69, 9.17) is 4.74 Å². The van der Waals surface area contributed by atoms with Crippen molar-refractivity contribution in [1.29, 1.82) is 0 Å². The van der Waals surface area contributed by atoms with Crippen LogP contribution in [0.25, 0.3) is 0 Å². The minimum atomic E-state index is 0.158. The molecule has 0 spiro atoms. The Balaban J connectivity index is 2.90. The van der Waals surface area contributed by atoms with Gasteiger partial charge in [-0.15, -0.1) is 0 Å². The highest BCUT2D eigenvalue weighted by molar-refractivity contribution is 5.06. The molecule has 2 atom stereocenters. The zero-order valence-electron chi connectivity index (χ0n) is 11.0. The summed E-state index contributed by atoms with van der Waals surface area (Å²) >= 11 is 0. The molecule has 1 rings (SSSR count). The molecule has 2 heteroatoms. The first kappa shape index (κ1) is 12.6. The summed E-state index contributed by atoms with van der Waals surface area (Å²) in [7, 11) is 0. The first-order valence-corrected chi connectivity index (χ1v) is 5.68. The third kappa shape index (κ3) is 2.97. The van der Waals surface area contributed by atoms with Crippen LogP contribution >= 0.6 is 0 Å². The van der Waals surface area contributed by atoms with Gasteiger partial charge in [-0.2, -0.15) is 0 Å². The fourth-order valence-electron chi connectivity index (χ4n) is 2.04. The van der Waals surface area contributed by atoms with Gasteiger partial charge in [-0.1, -0.05) is 48.1 Å². The zero-order chi connectivity index (χ0) is 11.9. The van der Waals surface area contributed by atoms with E-state index in [2.05, 4.69) is 53.4 Å². The van der Waals surface area contributed by atoms with E-state index in [1.165, 1.54) is 0 Å². The number of rotatable bonds is 0. The molecule has 2 nitrogen and oxygen atoms in total. The molecule has 0 aromatic rings. The van der Waals surface area contributed by atoms with E-state index < -0.39 is 0 Å². The molecule has 0 aromatic heterocycles. The van der Waals surface area contributed by atoms with E-state index >= 15 is 0 Å². The maximum atomic E-state index is 5.93. The Bertz CT molecular complexity index is 244. The first-order chi connectivity index (χ1) is 6.62. The van der Waals surface area contributed by atoms with Crippen LogP contribution in [0, 0.1) is 10.8 Å². The first-order valence-electron chi connectivity index (χ1n) is 5.68. The molecular formula is C13H25NO. The molecule has 0 bridgehead atoms. The van der Waals surface area contributed by atoms with Crippen LogP contribution in [-0.4, -0.2) is 18.8 Å². The standard InChI is InChI=1S/C13H25NO/c1-9-8-15-11(13(5,6)7)10(14-9)12(2,3)4/h10-11,14H,1,8H2,2-7H3. The Morgan fingerprint density at radius 2 is 1.67 bits per heavy atom. The largest absolute Gasteiger partial charge is 0.381 e. The summed E-state index contributed by atoms with van der Waals surface area (Å²) in [5, 5.41) is 3.49. The van der Waals surface area contributed by atoms with Crippen molar-refractivity contribution < 1.29 is 4.74 Å². The topological polar surface area (TPSA) is 21.3 Å². The molecule has 1 heterocycles. The molecular weight excluding hydrogens is 186 g/mol. The molecule has 0 radical (unpaired) electrons. The summed E-state index contributed by atoms with van der Waals surface area (Å²) in [5.74, 6) is 0. The van der Waals surface area contributed by atoms with Crippen molar-refractivity contribution in [3.05, 3.63) is 12.3 Å². The fourth-order valence-corrected chi connectivity index (χ4v) is 2.04. The monoisotopic (exact) mass is 211 g/mol. The average molecular weight is 211 g/mol. The highest BCUT2D eigenvalue weighted by Gasteiger charge is 2.42. The van der Waals surface area contributed by atoms with Crippen molar-refractivity contribution in [2.75, 3.05) is 6.61 Å². The molecule has 0 amide bonds. The van der Waals surface area contributed by atoms with Gasteiger partial charge in [-0.3, -0.25) is 0 Å². The van der Waals surface area contributed by atoms with E-state index in [1.54, 1.807) is 0 Å². The Hall–Kier alpha value is -0.500. The molecule has 1 N–H and O–H groups in total. The maximum absolute atomic E-state index is 5.93. The second kappa shape index (κ2) is 3.82.